The van der Waals surface area contributed by atoms with Crippen LogP contribution in [-0.2, 0) is 11.2 Å². The lowest BCUT2D eigenvalue weighted by atomic mass is 9.99. The summed E-state index contributed by atoms with van der Waals surface area (Å²) in [6, 6.07) is 17.8. The molecule has 56 heavy (non-hydrogen) atoms. The molecule has 1 aliphatic heterocycles. The molecular weight excluding hydrogens is 748 g/mol. The van der Waals surface area contributed by atoms with Gasteiger partial charge >= 0.3 is 5.69 Å². The number of nitrogens with zero attached hydrogens (tertiary/aromatic N) is 4. The van der Waals surface area contributed by atoms with Gasteiger partial charge in [0.25, 0.3) is 5.91 Å². The number of thiophene rings is 1. The largest absolute Gasteiger partial charge is 0.356 e. The van der Waals surface area contributed by atoms with Crippen molar-refractivity contribution in [2.45, 2.75) is 65.8 Å². The minimum absolute atomic E-state index is 0.0337. The molecule has 6 N–H and O–H groups in total. The van der Waals surface area contributed by atoms with Gasteiger partial charge in [0.1, 0.15) is 28.5 Å². The highest BCUT2D eigenvalue weighted by Gasteiger charge is 2.34. The molecule has 0 bridgehead atoms. The number of aromatic amines is 2. The van der Waals surface area contributed by atoms with Crippen molar-refractivity contribution in [1.82, 2.24) is 30.2 Å². The van der Waals surface area contributed by atoms with Gasteiger partial charge in [-0.15, -0.1) is 11.3 Å². The highest BCUT2D eigenvalue weighted by Crippen LogP contribution is 2.40. The fraction of sp³-hybridized carbons (Fsp3) is 0.293. The number of carbonyl (C=O) groups is 2. The van der Waals surface area contributed by atoms with Crippen LogP contribution in [0, 0.1) is 24.7 Å². The maximum Gasteiger partial charge on any atom is 0.323 e. The van der Waals surface area contributed by atoms with Crippen LogP contribution in [0.5, 0.6) is 0 Å². The summed E-state index contributed by atoms with van der Waals surface area (Å²) in [5.74, 6) is 0.706. The normalized spacial score (nSPS) is 14.2. The quantitative estimate of drug-likeness (QED) is 0.0434. The van der Waals surface area contributed by atoms with Gasteiger partial charge in [0.15, 0.2) is 0 Å². The second-order valence-electron chi connectivity index (χ2n) is 13.9. The molecular formula is C41H43ClN10O3S. The number of hydrogen-bond donors (Lipinski definition) is 6. The summed E-state index contributed by atoms with van der Waals surface area (Å²) in [6.45, 7) is 8.64. The van der Waals surface area contributed by atoms with Gasteiger partial charge in [0.2, 0.25) is 5.91 Å². The standard InChI is InChI=1S/C41H43ClN10O3S/c1-5-34-47-31-19-26(11-16-33(31)52(34)28-14-15-29-30(20-28)50-41(55)49-29)39(54)46-18-8-6-7-17-45-35(53)21-32-38(44)51(24(4)43)40-36(22(2)23(3)56-40)37(48-32)25-9-12-27(42)13-10-25/h9-16,19-20,32,43-44H,5-8,17-18,21H2,1-4H3,(H,45,53)(H,46,54)(H2,49,50,55)/t32-/m0/s1. The molecule has 1 atom stereocenters. The Kier molecular flexibility index (Phi) is 11.0. The van der Waals surface area contributed by atoms with E-state index in [1.807, 2.05) is 61.7 Å². The molecule has 7 rings (SSSR count). The Hall–Kier alpha value is -5.86. The lowest BCUT2D eigenvalue weighted by Gasteiger charge is -2.24. The molecule has 0 fully saturated rings. The summed E-state index contributed by atoms with van der Waals surface area (Å²) in [7, 11) is 0. The number of amidine groups is 2. The highest BCUT2D eigenvalue weighted by atomic mass is 35.5. The van der Waals surface area contributed by atoms with E-state index >= 15 is 0 Å². The Labute approximate surface area is 332 Å². The number of hydrogen-bond acceptors (Lipinski definition) is 8. The highest BCUT2D eigenvalue weighted by molar-refractivity contribution is 7.17. The van der Waals surface area contributed by atoms with Crippen LogP contribution in [0.25, 0.3) is 27.8 Å². The average molecular weight is 791 g/mol. The van der Waals surface area contributed by atoms with Crippen LogP contribution in [0.1, 0.15) is 77.3 Å². The summed E-state index contributed by atoms with van der Waals surface area (Å²) in [5, 5.41) is 25.0. The average Bonchev–Trinajstić information content (AvgIpc) is 3.80. The van der Waals surface area contributed by atoms with E-state index in [1.165, 1.54) is 11.3 Å². The molecule has 6 aromatic rings. The van der Waals surface area contributed by atoms with Gasteiger partial charge in [-0.3, -0.25) is 34.9 Å². The predicted molar refractivity (Wildman–Crippen MR) is 225 cm³/mol. The van der Waals surface area contributed by atoms with Crippen LogP contribution in [-0.4, -0.2) is 67.8 Å². The van der Waals surface area contributed by atoms with Gasteiger partial charge in [-0.2, -0.15) is 0 Å². The minimum atomic E-state index is -0.794. The molecule has 13 nitrogen and oxygen atoms in total. The number of carbonyl (C=O) groups excluding carboxylic acids is 2. The van der Waals surface area contributed by atoms with Crippen molar-refractivity contribution in [1.29, 1.82) is 10.8 Å². The van der Waals surface area contributed by atoms with Crippen LogP contribution in [0.4, 0.5) is 5.00 Å². The molecule has 1 aliphatic rings. The van der Waals surface area contributed by atoms with E-state index in [1.54, 1.807) is 36.1 Å². The van der Waals surface area contributed by atoms with Crippen LogP contribution in [0.2, 0.25) is 5.02 Å². The Morgan fingerprint density at radius 2 is 1.70 bits per heavy atom. The maximum atomic E-state index is 13.2. The number of aliphatic imine (C=N–C) groups is 1. The van der Waals surface area contributed by atoms with Gasteiger partial charge in [0.05, 0.1) is 34.2 Å². The molecule has 0 spiro atoms. The first-order chi connectivity index (χ1) is 26.9. The van der Waals surface area contributed by atoms with Crippen molar-refractivity contribution in [2.75, 3.05) is 18.0 Å². The maximum absolute atomic E-state index is 13.2. The number of aryl methyl sites for hydroxylation is 2. The fourth-order valence-corrected chi connectivity index (χ4v) is 8.40. The van der Waals surface area contributed by atoms with E-state index in [0.717, 1.165) is 68.4 Å². The minimum Gasteiger partial charge on any atom is -0.356 e. The first kappa shape index (κ1) is 38.4. The number of imidazole rings is 2. The SMILES string of the molecule is CCc1nc2cc(C(=O)NCCCCCNC(=O)C[C@@H]3N=C(c4ccc(Cl)cc4)c4c(sc(C)c4C)N(C(C)=N)C3=N)ccc2n1-c1ccc2[nH]c(=O)[nH]c2c1. The van der Waals surface area contributed by atoms with Crippen molar-refractivity contribution in [2.24, 2.45) is 4.99 Å². The number of anilines is 1. The summed E-state index contributed by atoms with van der Waals surface area (Å²) >= 11 is 7.71. The second-order valence-corrected chi connectivity index (χ2v) is 15.5. The van der Waals surface area contributed by atoms with Crippen LogP contribution in [0.3, 0.4) is 0 Å². The van der Waals surface area contributed by atoms with E-state index in [0.29, 0.717) is 46.8 Å². The van der Waals surface area contributed by atoms with E-state index < -0.39 is 6.04 Å². The fourth-order valence-electron chi connectivity index (χ4n) is 7.05. The molecule has 0 radical (unpaired) electrons. The number of unbranched alkanes of at least 4 members (excludes halogenated alkanes) is 2. The predicted octanol–water partition coefficient (Wildman–Crippen LogP) is 7.20. The van der Waals surface area contributed by atoms with Crippen molar-refractivity contribution in [3.63, 3.8) is 0 Å². The molecule has 0 saturated heterocycles. The zero-order valence-corrected chi connectivity index (χ0v) is 33.2. The van der Waals surface area contributed by atoms with E-state index in [2.05, 4.69) is 20.6 Å². The molecule has 0 aliphatic carbocycles. The number of halogens is 1. The first-order valence-corrected chi connectivity index (χ1v) is 19.8. The Morgan fingerprint density at radius 1 is 0.964 bits per heavy atom. The third-order valence-electron chi connectivity index (χ3n) is 10.0. The van der Waals surface area contributed by atoms with E-state index in [9.17, 15) is 14.4 Å². The lowest BCUT2D eigenvalue weighted by Crippen LogP contribution is -2.42. The first-order valence-electron chi connectivity index (χ1n) is 18.6. The van der Waals surface area contributed by atoms with Gasteiger partial charge < -0.3 is 20.6 Å². The van der Waals surface area contributed by atoms with Crippen LogP contribution < -0.4 is 21.2 Å². The van der Waals surface area contributed by atoms with Crippen LogP contribution in [0.15, 0.2) is 70.5 Å². The van der Waals surface area contributed by atoms with Crippen LogP contribution >= 0.6 is 22.9 Å². The summed E-state index contributed by atoms with van der Waals surface area (Å²) in [4.78, 5) is 56.1. The topological polar surface area (TPSA) is 188 Å². The number of H-pyrrole nitrogens is 2. The molecule has 288 valence electrons. The monoisotopic (exact) mass is 790 g/mol. The summed E-state index contributed by atoms with van der Waals surface area (Å²) in [5.41, 5.74) is 7.54. The zero-order chi connectivity index (χ0) is 39.7. The molecule has 0 unspecified atom stereocenters. The molecule has 2 amide bonds. The second kappa shape index (κ2) is 16.1. The van der Waals surface area contributed by atoms with Crippen molar-refractivity contribution in [3.05, 3.63) is 109 Å². The third-order valence-corrected chi connectivity index (χ3v) is 11.4. The number of fused-ring (bicyclic) bond motifs is 3. The number of amides is 2. The smallest absolute Gasteiger partial charge is 0.323 e. The molecule has 4 heterocycles. The van der Waals surface area contributed by atoms with E-state index in [-0.39, 0.29) is 35.6 Å². The Balaban J connectivity index is 0.927. The van der Waals surface area contributed by atoms with Gasteiger partial charge in [-0.05, 0) is 94.1 Å². The molecule has 15 heteroatoms. The summed E-state index contributed by atoms with van der Waals surface area (Å²) in [6.07, 6.45) is 2.89. The van der Waals surface area contributed by atoms with E-state index in [4.69, 9.17) is 32.4 Å². The lowest BCUT2D eigenvalue weighted by molar-refractivity contribution is -0.121. The Morgan fingerprint density at radius 3 is 2.43 bits per heavy atom. The summed E-state index contributed by atoms with van der Waals surface area (Å²) < 4.78 is 2.04. The third kappa shape index (κ3) is 7.66. The zero-order valence-electron chi connectivity index (χ0n) is 31.6. The van der Waals surface area contributed by atoms with Gasteiger partial charge in [-0.25, -0.2) is 9.78 Å². The number of benzene rings is 3. The number of aromatic nitrogens is 4. The molecule has 3 aromatic heterocycles. The molecule has 3 aromatic carbocycles. The number of nitrogens with one attached hydrogen (secondary N) is 6. The molecule has 0 saturated carbocycles. The van der Waals surface area contributed by atoms with Crippen molar-refractivity contribution < 1.29 is 9.59 Å². The Bertz CT molecular complexity index is 2600. The van der Waals surface area contributed by atoms with Gasteiger partial charge in [-0.1, -0.05) is 30.7 Å². The van der Waals surface area contributed by atoms with Crippen molar-refractivity contribution >= 4 is 79.2 Å². The van der Waals surface area contributed by atoms with Gasteiger partial charge in [0, 0.05) is 51.8 Å². The number of rotatable bonds is 12. The van der Waals surface area contributed by atoms with Crippen molar-refractivity contribution in [3.8, 4) is 5.69 Å².